The van der Waals surface area contributed by atoms with Crippen LogP contribution in [0.15, 0.2) is 0 Å². The van der Waals surface area contributed by atoms with Gasteiger partial charge in [0.2, 0.25) is 0 Å². The first-order chi connectivity index (χ1) is 7.82. The van der Waals surface area contributed by atoms with Gasteiger partial charge in [0.25, 0.3) is 0 Å². The predicted molar refractivity (Wildman–Crippen MR) is 80.0 cm³/mol. The average molecular weight is 344 g/mol. The number of hydrogen-bond acceptors (Lipinski definition) is 1. The van der Waals surface area contributed by atoms with Gasteiger partial charge in [-0.15, -0.1) is 0 Å². The van der Waals surface area contributed by atoms with Crippen LogP contribution in [0.5, 0.6) is 0 Å². The van der Waals surface area contributed by atoms with Crippen LogP contribution in [0.4, 0.5) is 0 Å². The van der Waals surface area contributed by atoms with Gasteiger partial charge < -0.3 is 4.74 Å². The molecule has 0 aromatic carbocycles. The van der Waals surface area contributed by atoms with Gasteiger partial charge in [0.15, 0.2) is 0 Å². The van der Waals surface area contributed by atoms with Crippen LogP contribution in [0.25, 0.3) is 0 Å². The SMILES string of the molecule is COCCC1C(C)C(C)C(C)C1C.[CH3][In]([CH3])[CH3]. The maximum absolute atomic E-state index is 5.17. The van der Waals surface area contributed by atoms with Gasteiger partial charge in [-0.3, -0.25) is 0 Å². The van der Waals surface area contributed by atoms with E-state index in [9.17, 15) is 0 Å². The Morgan fingerprint density at radius 1 is 0.824 bits per heavy atom. The standard InChI is InChI=1S/C12H24O.3CH3.In/c1-8-9(2)11(4)12(10(8)3)6-7-13-5;;;;/h8-12H,6-7H2,1-5H3;3*1H3;. The fourth-order valence-corrected chi connectivity index (χ4v) is 3.00. The Bertz CT molecular complexity index is 177. The molecule has 0 spiro atoms. The molecule has 0 saturated heterocycles. The molecule has 1 aliphatic carbocycles. The quantitative estimate of drug-likeness (QED) is 0.729. The Morgan fingerprint density at radius 2 is 1.18 bits per heavy atom. The molecule has 0 aliphatic heterocycles. The average Bonchev–Trinajstić information content (AvgIpc) is 2.41. The van der Waals surface area contributed by atoms with Gasteiger partial charge in [-0.2, -0.15) is 0 Å². The molecule has 1 rings (SSSR count). The fourth-order valence-electron chi connectivity index (χ4n) is 3.00. The van der Waals surface area contributed by atoms with E-state index in [-0.39, 0.29) is 0 Å². The van der Waals surface area contributed by atoms with Crippen LogP contribution in [-0.4, -0.2) is 35.2 Å². The molecule has 17 heavy (non-hydrogen) atoms. The van der Waals surface area contributed by atoms with Crippen molar-refractivity contribution in [3.63, 3.8) is 0 Å². The second-order valence-electron chi connectivity index (χ2n) is 6.61. The van der Waals surface area contributed by atoms with E-state index in [1.807, 2.05) is 0 Å². The summed E-state index contributed by atoms with van der Waals surface area (Å²) >= 11 is -0.637. The minimum absolute atomic E-state index is 0.637. The Balaban J connectivity index is 0.000000557. The van der Waals surface area contributed by atoms with E-state index in [1.165, 1.54) is 6.42 Å². The molecule has 1 nitrogen and oxygen atoms in total. The van der Waals surface area contributed by atoms with Gasteiger partial charge in [-0.25, -0.2) is 0 Å². The normalized spacial score (nSPS) is 36.4. The molecule has 0 radical (unpaired) electrons. The fraction of sp³-hybridized carbons (Fsp3) is 1.00. The van der Waals surface area contributed by atoms with Crippen molar-refractivity contribution >= 4 is 21.4 Å². The summed E-state index contributed by atoms with van der Waals surface area (Å²) in [5, 5.41) is 0. The van der Waals surface area contributed by atoms with Crippen LogP contribution in [-0.2, 0) is 4.74 Å². The van der Waals surface area contributed by atoms with Gasteiger partial charge in [0.1, 0.15) is 0 Å². The Morgan fingerprint density at radius 3 is 1.47 bits per heavy atom. The molecule has 1 fully saturated rings. The molecule has 1 saturated carbocycles. The van der Waals surface area contributed by atoms with Gasteiger partial charge in [-0.05, 0) is 36.0 Å². The van der Waals surface area contributed by atoms with Crippen molar-refractivity contribution < 1.29 is 4.74 Å². The van der Waals surface area contributed by atoms with Crippen LogP contribution < -0.4 is 0 Å². The molecule has 0 aromatic rings. The number of hydrogen-bond donors (Lipinski definition) is 0. The van der Waals surface area contributed by atoms with Gasteiger partial charge in [0.05, 0.1) is 0 Å². The topological polar surface area (TPSA) is 9.23 Å². The maximum atomic E-state index is 5.17. The van der Waals surface area contributed by atoms with E-state index in [0.717, 1.165) is 36.2 Å². The van der Waals surface area contributed by atoms with E-state index in [0.29, 0.717) is 0 Å². The van der Waals surface area contributed by atoms with Crippen LogP contribution in [0, 0.1) is 29.6 Å². The zero-order chi connectivity index (χ0) is 13.6. The number of ether oxygens (including phenoxy) is 1. The molecular weight excluding hydrogens is 311 g/mol. The predicted octanol–water partition coefficient (Wildman–Crippen LogP) is 4.57. The zero-order valence-corrected chi connectivity index (χ0v) is 16.6. The summed E-state index contributed by atoms with van der Waals surface area (Å²) in [6, 6.07) is 0. The summed E-state index contributed by atoms with van der Waals surface area (Å²) in [5.74, 6) is 4.40. The minimum atomic E-state index is -0.637. The third-order valence-electron chi connectivity index (χ3n) is 4.49. The van der Waals surface area contributed by atoms with Crippen LogP contribution in [0.1, 0.15) is 34.1 Å². The second kappa shape index (κ2) is 8.85. The van der Waals surface area contributed by atoms with Crippen molar-refractivity contribution in [2.45, 2.75) is 48.2 Å². The third-order valence-corrected chi connectivity index (χ3v) is 4.49. The van der Waals surface area contributed by atoms with Crippen molar-refractivity contribution in [2.75, 3.05) is 13.7 Å². The van der Waals surface area contributed by atoms with Crippen molar-refractivity contribution in [3.8, 4) is 0 Å². The van der Waals surface area contributed by atoms with Gasteiger partial charge >= 0.3 is 35.5 Å². The molecule has 2 heteroatoms. The van der Waals surface area contributed by atoms with E-state index < -0.39 is 21.4 Å². The summed E-state index contributed by atoms with van der Waals surface area (Å²) in [4.78, 5) is 0. The molecule has 1 aliphatic rings. The molecule has 4 atom stereocenters. The summed E-state index contributed by atoms with van der Waals surface area (Å²) in [6.45, 7) is 10.5. The van der Waals surface area contributed by atoms with Crippen molar-refractivity contribution in [1.29, 1.82) is 0 Å². The van der Waals surface area contributed by atoms with Crippen molar-refractivity contribution in [3.05, 3.63) is 0 Å². The zero-order valence-electron chi connectivity index (χ0n) is 13.3. The second-order valence-corrected chi connectivity index (χ2v) is 16.5. The van der Waals surface area contributed by atoms with Gasteiger partial charge in [0, 0.05) is 13.7 Å². The number of rotatable bonds is 3. The molecule has 0 amide bonds. The van der Waals surface area contributed by atoms with E-state index in [1.54, 1.807) is 7.11 Å². The first-order valence-electron chi connectivity index (χ1n) is 7.31. The molecule has 4 unspecified atom stereocenters. The van der Waals surface area contributed by atoms with Crippen molar-refractivity contribution in [2.24, 2.45) is 29.6 Å². The molecular formula is C15H33InO. The Hall–Kier alpha value is 0.830. The van der Waals surface area contributed by atoms with Crippen LogP contribution in [0.3, 0.4) is 0 Å². The molecule has 0 aromatic heterocycles. The van der Waals surface area contributed by atoms with E-state index in [2.05, 4.69) is 41.7 Å². The van der Waals surface area contributed by atoms with Gasteiger partial charge in [-0.1, -0.05) is 27.7 Å². The summed E-state index contributed by atoms with van der Waals surface area (Å²) < 4.78 is 12.3. The van der Waals surface area contributed by atoms with E-state index >= 15 is 0 Å². The third kappa shape index (κ3) is 6.00. The molecule has 102 valence electrons. The van der Waals surface area contributed by atoms with E-state index in [4.69, 9.17) is 4.74 Å². The Kier molecular flexibility index (Phi) is 9.28. The Labute approximate surface area is 117 Å². The molecule has 0 heterocycles. The monoisotopic (exact) mass is 344 g/mol. The summed E-state index contributed by atoms with van der Waals surface area (Å²) in [7, 11) is 1.80. The summed E-state index contributed by atoms with van der Waals surface area (Å²) in [5.41, 5.74) is 0. The van der Waals surface area contributed by atoms with Crippen molar-refractivity contribution in [1.82, 2.24) is 0 Å². The summed E-state index contributed by atoms with van der Waals surface area (Å²) in [6.07, 6.45) is 1.24. The molecule has 0 bridgehead atoms. The number of methoxy groups -OCH3 is 1. The molecule has 0 N–H and O–H groups in total. The first-order valence-corrected chi connectivity index (χ1v) is 17.2. The van der Waals surface area contributed by atoms with Crippen LogP contribution in [0.2, 0.25) is 14.0 Å². The van der Waals surface area contributed by atoms with Crippen LogP contribution >= 0.6 is 0 Å². The first kappa shape index (κ1) is 17.8.